The zero-order valence-corrected chi connectivity index (χ0v) is 12.2. The number of aryl methyl sites for hydroxylation is 2. The summed E-state index contributed by atoms with van der Waals surface area (Å²) in [5, 5.41) is 0. The molecule has 2 N–H and O–H groups in total. The first-order valence-electron chi connectivity index (χ1n) is 6.77. The average molecular weight is 261 g/mol. The van der Waals surface area contributed by atoms with Gasteiger partial charge in [-0.25, -0.2) is 4.98 Å². The zero-order valence-electron chi connectivity index (χ0n) is 12.2. The Kier molecular flexibility index (Phi) is 4.22. The van der Waals surface area contributed by atoms with Gasteiger partial charge in [-0.15, -0.1) is 0 Å². The van der Waals surface area contributed by atoms with Crippen LogP contribution in [0.15, 0.2) is 12.1 Å². The minimum Gasteiger partial charge on any atom is -0.377 e. The minimum absolute atomic E-state index is 0.148. The molecule has 104 valence electrons. The summed E-state index contributed by atoms with van der Waals surface area (Å²) in [6.07, 6.45) is 0.955. The highest BCUT2D eigenvalue weighted by molar-refractivity contribution is 5.78. The van der Waals surface area contributed by atoms with Crippen LogP contribution in [0.3, 0.4) is 0 Å². The van der Waals surface area contributed by atoms with E-state index < -0.39 is 0 Å². The topological polar surface area (TPSA) is 53.1 Å². The number of aromatic nitrogens is 2. The SMILES string of the molecule is CCC(N)Cn1c(COC)nc2cc(C)c(C)cc21. The lowest BCUT2D eigenvalue weighted by Crippen LogP contribution is -2.26. The molecule has 0 spiro atoms. The number of nitrogens with zero attached hydrogens (tertiary/aromatic N) is 2. The number of methoxy groups -OCH3 is 1. The first-order chi connectivity index (χ1) is 9.06. The van der Waals surface area contributed by atoms with E-state index in [-0.39, 0.29) is 6.04 Å². The Bertz CT molecular complexity index is 574. The second-order valence-electron chi connectivity index (χ2n) is 5.17. The molecule has 2 rings (SSSR count). The summed E-state index contributed by atoms with van der Waals surface area (Å²) in [6, 6.07) is 4.48. The van der Waals surface area contributed by atoms with E-state index in [1.54, 1.807) is 7.11 Å². The number of ether oxygens (including phenoxy) is 1. The maximum absolute atomic E-state index is 6.10. The molecule has 0 bridgehead atoms. The maximum atomic E-state index is 6.10. The van der Waals surface area contributed by atoms with E-state index >= 15 is 0 Å². The molecule has 0 amide bonds. The van der Waals surface area contributed by atoms with Crippen molar-refractivity contribution < 1.29 is 4.74 Å². The molecular weight excluding hydrogens is 238 g/mol. The van der Waals surface area contributed by atoms with Crippen molar-refractivity contribution in [2.24, 2.45) is 5.73 Å². The van der Waals surface area contributed by atoms with Crippen LogP contribution in [0.5, 0.6) is 0 Å². The van der Waals surface area contributed by atoms with E-state index in [9.17, 15) is 0 Å². The highest BCUT2D eigenvalue weighted by Gasteiger charge is 2.13. The molecule has 0 aliphatic heterocycles. The largest absolute Gasteiger partial charge is 0.377 e. The molecule has 2 aromatic rings. The molecule has 4 heteroatoms. The van der Waals surface area contributed by atoms with Crippen LogP contribution in [0, 0.1) is 13.8 Å². The third-order valence-corrected chi connectivity index (χ3v) is 3.66. The van der Waals surface area contributed by atoms with Crippen LogP contribution in [-0.2, 0) is 17.9 Å². The van der Waals surface area contributed by atoms with Crippen molar-refractivity contribution in [1.82, 2.24) is 9.55 Å². The Hall–Kier alpha value is -1.39. The van der Waals surface area contributed by atoms with Crippen LogP contribution in [-0.4, -0.2) is 22.7 Å². The highest BCUT2D eigenvalue weighted by Crippen LogP contribution is 2.21. The van der Waals surface area contributed by atoms with Gasteiger partial charge in [-0.05, 0) is 43.5 Å². The van der Waals surface area contributed by atoms with Gasteiger partial charge in [0.05, 0.1) is 11.0 Å². The number of rotatable bonds is 5. The molecule has 1 unspecified atom stereocenters. The molecule has 19 heavy (non-hydrogen) atoms. The Morgan fingerprint density at radius 1 is 1.32 bits per heavy atom. The number of nitrogens with two attached hydrogens (primary N) is 1. The molecule has 4 nitrogen and oxygen atoms in total. The molecule has 0 aliphatic carbocycles. The van der Waals surface area contributed by atoms with Crippen molar-refractivity contribution in [3.63, 3.8) is 0 Å². The van der Waals surface area contributed by atoms with E-state index in [4.69, 9.17) is 10.5 Å². The highest BCUT2D eigenvalue weighted by atomic mass is 16.5. The van der Waals surface area contributed by atoms with Crippen molar-refractivity contribution in [2.45, 2.75) is 46.4 Å². The fraction of sp³-hybridized carbons (Fsp3) is 0.533. The molecule has 1 aromatic heterocycles. The Morgan fingerprint density at radius 2 is 2.00 bits per heavy atom. The molecular formula is C15H23N3O. The van der Waals surface area contributed by atoms with Crippen LogP contribution >= 0.6 is 0 Å². The van der Waals surface area contributed by atoms with E-state index in [1.807, 2.05) is 0 Å². The van der Waals surface area contributed by atoms with Crippen molar-refractivity contribution >= 4 is 11.0 Å². The molecule has 0 saturated heterocycles. The smallest absolute Gasteiger partial charge is 0.136 e. The number of benzene rings is 1. The van der Waals surface area contributed by atoms with E-state index in [2.05, 4.69) is 42.5 Å². The summed E-state index contributed by atoms with van der Waals surface area (Å²) in [5.41, 5.74) is 10.8. The average Bonchev–Trinajstić information content (AvgIpc) is 2.68. The standard InChI is InChI=1S/C15H23N3O/c1-5-12(16)8-18-14-7-11(3)10(2)6-13(14)17-15(18)9-19-4/h6-7,12H,5,8-9,16H2,1-4H3. The monoisotopic (exact) mass is 261 g/mol. The van der Waals surface area contributed by atoms with Crippen LogP contribution < -0.4 is 5.73 Å². The van der Waals surface area contributed by atoms with Crippen LogP contribution in [0.4, 0.5) is 0 Å². The summed E-state index contributed by atoms with van der Waals surface area (Å²) in [6.45, 7) is 7.65. The second-order valence-corrected chi connectivity index (χ2v) is 5.17. The lowest BCUT2D eigenvalue weighted by atomic mass is 10.1. The summed E-state index contributed by atoms with van der Waals surface area (Å²) in [5.74, 6) is 0.950. The predicted molar refractivity (Wildman–Crippen MR) is 78.2 cm³/mol. The van der Waals surface area contributed by atoms with Gasteiger partial charge in [0.15, 0.2) is 0 Å². The van der Waals surface area contributed by atoms with Gasteiger partial charge >= 0.3 is 0 Å². The predicted octanol–water partition coefficient (Wildman–Crippen LogP) is 2.54. The van der Waals surface area contributed by atoms with Gasteiger partial charge in [0.2, 0.25) is 0 Å². The van der Waals surface area contributed by atoms with Crippen LogP contribution in [0.25, 0.3) is 11.0 Å². The van der Waals surface area contributed by atoms with Gasteiger partial charge in [0, 0.05) is 19.7 Å². The minimum atomic E-state index is 0.148. The van der Waals surface area contributed by atoms with Gasteiger partial charge in [0.25, 0.3) is 0 Å². The molecule has 1 aromatic carbocycles. The third kappa shape index (κ3) is 2.80. The number of fused-ring (bicyclic) bond motifs is 1. The number of hydrogen-bond acceptors (Lipinski definition) is 3. The Labute approximate surface area is 114 Å². The van der Waals surface area contributed by atoms with Crippen molar-refractivity contribution in [1.29, 1.82) is 0 Å². The molecule has 0 saturated carbocycles. The van der Waals surface area contributed by atoms with Crippen LogP contribution in [0.2, 0.25) is 0 Å². The fourth-order valence-corrected chi connectivity index (χ4v) is 2.24. The van der Waals surface area contributed by atoms with Gasteiger partial charge in [0.1, 0.15) is 12.4 Å². The Balaban J connectivity index is 2.55. The van der Waals surface area contributed by atoms with Crippen molar-refractivity contribution in [3.05, 3.63) is 29.1 Å². The van der Waals surface area contributed by atoms with E-state index in [0.29, 0.717) is 6.61 Å². The van der Waals surface area contributed by atoms with Gasteiger partial charge < -0.3 is 15.0 Å². The van der Waals surface area contributed by atoms with E-state index in [1.165, 1.54) is 11.1 Å². The molecule has 0 fully saturated rings. The number of imidazole rings is 1. The summed E-state index contributed by atoms with van der Waals surface area (Å²) in [4.78, 5) is 4.67. The van der Waals surface area contributed by atoms with Crippen LogP contribution in [0.1, 0.15) is 30.3 Å². The summed E-state index contributed by atoms with van der Waals surface area (Å²) in [7, 11) is 1.69. The number of hydrogen-bond donors (Lipinski definition) is 1. The lowest BCUT2D eigenvalue weighted by molar-refractivity contribution is 0.174. The Morgan fingerprint density at radius 3 is 2.63 bits per heavy atom. The first kappa shape index (κ1) is 14.0. The van der Waals surface area contributed by atoms with Crippen molar-refractivity contribution in [2.75, 3.05) is 7.11 Å². The second kappa shape index (κ2) is 5.72. The quantitative estimate of drug-likeness (QED) is 0.900. The molecule has 1 heterocycles. The summed E-state index contributed by atoms with van der Waals surface area (Å²) >= 11 is 0. The molecule has 1 atom stereocenters. The maximum Gasteiger partial charge on any atom is 0.136 e. The molecule has 0 aliphatic rings. The fourth-order valence-electron chi connectivity index (χ4n) is 2.24. The van der Waals surface area contributed by atoms with Gasteiger partial charge in [-0.3, -0.25) is 0 Å². The lowest BCUT2D eigenvalue weighted by Gasteiger charge is -2.14. The normalized spacial score (nSPS) is 13.1. The summed E-state index contributed by atoms with van der Waals surface area (Å²) < 4.78 is 7.44. The van der Waals surface area contributed by atoms with Crippen molar-refractivity contribution in [3.8, 4) is 0 Å². The van der Waals surface area contributed by atoms with Gasteiger partial charge in [-0.2, -0.15) is 0 Å². The first-order valence-corrected chi connectivity index (χ1v) is 6.77. The third-order valence-electron chi connectivity index (χ3n) is 3.66. The van der Waals surface area contributed by atoms with Gasteiger partial charge in [-0.1, -0.05) is 6.92 Å². The molecule has 0 radical (unpaired) electrons. The zero-order chi connectivity index (χ0) is 14.0. The van der Waals surface area contributed by atoms with E-state index in [0.717, 1.165) is 29.8 Å².